The molecule has 2 aliphatic heterocycles. The van der Waals surface area contributed by atoms with Gasteiger partial charge in [0.2, 0.25) is 5.82 Å². The fraction of sp³-hybridized carbons (Fsp3) is 0.240. The van der Waals surface area contributed by atoms with Gasteiger partial charge in [-0.3, -0.25) is 15.3 Å². The zero-order valence-electron chi connectivity index (χ0n) is 18.8. The van der Waals surface area contributed by atoms with Crippen LogP contribution in [0.3, 0.4) is 0 Å². The third-order valence-electron chi connectivity index (χ3n) is 5.96. The minimum atomic E-state index is -0.210. The number of aromatic nitrogens is 3. The maximum absolute atomic E-state index is 12.6. The van der Waals surface area contributed by atoms with Crippen molar-refractivity contribution in [3.63, 3.8) is 0 Å². The number of carbonyl (C=O) groups is 1. The molecule has 0 bridgehead atoms. The molecule has 1 aromatic carbocycles. The number of hydrogen-bond donors (Lipinski definition) is 3. The van der Waals surface area contributed by atoms with Gasteiger partial charge in [0, 0.05) is 48.0 Å². The van der Waals surface area contributed by atoms with Crippen LogP contribution in [-0.4, -0.2) is 63.6 Å². The molecule has 3 N–H and O–H groups in total. The largest absolute Gasteiger partial charge is 0.366 e. The van der Waals surface area contributed by atoms with Crippen LogP contribution in [0, 0.1) is 12.3 Å². The Morgan fingerprint density at radius 2 is 2.06 bits per heavy atom. The Morgan fingerprint density at radius 1 is 1.23 bits per heavy atom. The quantitative estimate of drug-likeness (QED) is 0.491. The van der Waals surface area contributed by atoms with E-state index in [4.69, 9.17) is 18.0 Å². The van der Waals surface area contributed by atoms with Crippen LogP contribution in [0.2, 0.25) is 0 Å². The summed E-state index contributed by atoms with van der Waals surface area (Å²) < 4.78 is 0. The van der Waals surface area contributed by atoms with Gasteiger partial charge >= 0.3 is 6.03 Å². The summed E-state index contributed by atoms with van der Waals surface area (Å²) in [5.74, 6) is 3.67. The number of anilines is 1. The highest BCUT2D eigenvalue weighted by Gasteiger charge is 2.24. The highest BCUT2D eigenvalue weighted by molar-refractivity contribution is 6.36. The van der Waals surface area contributed by atoms with Gasteiger partial charge in [0.05, 0.1) is 23.5 Å². The SMILES string of the molecule is C#Cc1nccc(NC(=O)N2CCC(NC3=NCC(Cl)=C(c4c[nH]c5ccccc45)N=C3)CC2)n1. The molecule has 9 nitrogen and oxygen atoms in total. The maximum Gasteiger partial charge on any atom is 0.323 e. The number of carbonyl (C=O) groups excluding carboxylic acids is 1. The van der Waals surface area contributed by atoms with Gasteiger partial charge < -0.3 is 15.2 Å². The molecule has 1 fully saturated rings. The number of likely N-dealkylation sites (tertiary alicyclic amines) is 1. The third-order valence-corrected chi connectivity index (χ3v) is 6.26. The summed E-state index contributed by atoms with van der Waals surface area (Å²) >= 11 is 6.57. The van der Waals surface area contributed by atoms with E-state index in [-0.39, 0.29) is 17.9 Å². The average Bonchev–Trinajstić information content (AvgIpc) is 3.23. The average molecular weight is 487 g/mol. The summed E-state index contributed by atoms with van der Waals surface area (Å²) in [6.07, 6.45) is 12.0. The number of urea groups is 1. The van der Waals surface area contributed by atoms with Crippen molar-refractivity contribution < 1.29 is 4.79 Å². The molecule has 0 aliphatic carbocycles. The molecule has 0 unspecified atom stereocenters. The summed E-state index contributed by atoms with van der Waals surface area (Å²) in [6, 6.07) is 9.61. The summed E-state index contributed by atoms with van der Waals surface area (Å²) in [4.78, 5) is 34.9. The van der Waals surface area contributed by atoms with Gasteiger partial charge in [-0.25, -0.2) is 14.8 Å². The van der Waals surface area contributed by atoms with Crippen LogP contribution in [0.1, 0.15) is 24.2 Å². The van der Waals surface area contributed by atoms with E-state index >= 15 is 0 Å². The number of amidine groups is 1. The lowest BCUT2D eigenvalue weighted by atomic mass is 10.1. The highest BCUT2D eigenvalue weighted by atomic mass is 35.5. The van der Waals surface area contributed by atoms with Crippen molar-refractivity contribution in [1.82, 2.24) is 25.2 Å². The predicted octanol–water partition coefficient (Wildman–Crippen LogP) is 3.62. The highest BCUT2D eigenvalue weighted by Crippen LogP contribution is 2.30. The van der Waals surface area contributed by atoms with Crippen LogP contribution < -0.4 is 10.6 Å². The van der Waals surface area contributed by atoms with E-state index in [1.807, 2.05) is 30.5 Å². The van der Waals surface area contributed by atoms with Gasteiger partial charge in [0.25, 0.3) is 0 Å². The summed E-state index contributed by atoms with van der Waals surface area (Å²) in [5.41, 5.74) is 2.70. The van der Waals surface area contributed by atoms with E-state index in [0.717, 1.165) is 29.3 Å². The predicted molar refractivity (Wildman–Crippen MR) is 139 cm³/mol. The van der Waals surface area contributed by atoms with Crippen molar-refractivity contribution in [2.24, 2.45) is 9.98 Å². The smallest absolute Gasteiger partial charge is 0.323 e. The van der Waals surface area contributed by atoms with Crippen LogP contribution in [0.4, 0.5) is 10.6 Å². The number of terminal acetylenes is 1. The summed E-state index contributed by atoms with van der Waals surface area (Å²) in [6.45, 7) is 1.54. The van der Waals surface area contributed by atoms with E-state index in [1.54, 1.807) is 17.2 Å². The van der Waals surface area contributed by atoms with Gasteiger partial charge in [-0.15, -0.1) is 6.42 Å². The molecule has 35 heavy (non-hydrogen) atoms. The molecule has 0 spiro atoms. The number of aromatic amines is 1. The lowest BCUT2D eigenvalue weighted by Crippen LogP contribution is -2.48. The molecule has 10 heteroatoms. The fourth-order valence-corrected chi connectivity index (χ4v) is 4.36. The number of rotatable bonds is 3. The number of aliphatic imine (C=N–C) groups is 2. The van der Waals surface area contributed by atoms with E-state index in [2.05, 4.69) is 41.5 Å². The van der Waals surface area contributed by atoms with Crippen LogP contribution in [0.15, 0.2) is 57.7 Å². The second kappa shape index (κ2) is 9.99. The molecule has 0 saturated carbocycles. The standard InChI is InChI=1S/C25H23ClN8O/c1-2-21-27-10-7-22(32-21)33-25(35)34-11-8-16(9-12-34)31-23-15-30-24(19(26)14-29-23)18-13-28-20-6-4-3-5-17(18)20/h1,3-7,10,13,15-16,28H,8-9,11-12,14H2,(H,29,31)(H,27,32,33,35). The van der Waals surface area contributed by atoms with Gasteiger partial charge in [0.1, 0.15) is 11.7 Å². The Morgan fingerprint density at radius 3 is 2.89 bits per heavy atom. The van der Waals surface area contributed by atoms with Gasteiger partial charge in [0.15, 0.2) is 0 Å². The molecular formula is C25H23ClN8O. The van der Waals surface area contributed by atoms with Crippen molar-refractivity contribution in [2.45, 2.75) is 18.9 Å². The first-order valence-electron chi connectivity index (χ1n) is 11.3. The molecule has 5 rings (SSSR count). The first kappa shape index (κ1) is 22.6. The lowest BCUT2D eigenvalue weighted by molar-refractivity contribution is 0.192. The minimum Gasteiger partial charge on any atom is -0.366 e. The zero-order chi connectivity index (χ0) is 24.2. The molecule has 0 radical (unpaired) electrons. The van der Waals surface area contributed by atoms with Crippen molar-refractivity contribution >= 4 is 52.1 Å². The lowest BCUT2D eigenvalue weighted by Gasteiger charge is -2.32. The molecule has 2 amide bonds. The zero-order valence-corrected chi connectivity index (χ0v) is 19.6. The first-order valence-corrected chi connectivity index (χ1v) is 11.6. The Hall–Kier alpha value is -4.16. The number of benzene rings is 1. The molecule has 176 valence electrons. The molecule has 1 saturated heterocycles. The Balaban J connectivity index is 1.17. The maximum atomic E-state index is 12.6. The topological polar surface area (TPSA) is 111 Å². The van der Waals surface area contributed by atoms with Crippen molar-refractivity contribution in [2.75, 3.05) is 25.0 Å². The molecule has 3 aromatic rings. The first-order chi connectivity index (χ1) is 17.1. The Kier molecular flexibility index (Phi) is 6.46. The number of nitrogens with one attached hydrogen (secondary N) is 3. The Bertz CT molecular complexity index is 1390. The summed E-state index contributed by atoms with van der Waals surface area (Å²) in [7, 11) is 0. The second-order valence-electron chi connectivity index (χ2n) is 8.21. The van der Waals surface area contributed by atoms with E-state index < -0.39 is 0 Å². The van der Waals surface area contributed by atoms with Crippen LogP contribution >= 0.6 is 11.6 Å². The molecule has 4 heterocycles. The second-order valence-corrected chi connectivity index (χ2v) is 8.66. The number of nitrogens with zero attached hydrogens (tertiary/aromatic N) is 5. The van der Waals surface area contributed by atoms with Gasteiger partial charge in [-0.2, -0.15) is 0 Å². The molecular weight excluding hydrogens is 464 g/mol. The van der Waals surface area contributed by atoms with Crippen LogP contribution in [-0.2, 0) is 0 Å². The van der Waals surface area contributed by atoms with Gasteiger partial charge in [-0.05, 0) is 30.9 Å². The van der Waals surface area contributed by atoms with Gasteiger partial charge in [-0.1, -0.05) is 29.8 Å². The van der Waals surface area contributed by atoms with Crippen LogP contribution in [0.5, 0.6) is 0 Å². The normalized spacial score (nSPS) is 16.6. The number of hydrogen-bond acceptors (Lipinski definition) is 6. The number of fused-ring (bicyclic) bond motifs is 1. The monoisotopic (exact) mass is 486 g/mol. The molecule has 2 aromatic heterocycles. The van der Waals surface area contributed by atoms with Crippen molar-refractivity contribution in [3.8, 4) is 12.3 Å². The minimum absolute atomic E-state index is 0.171. The van der Waals surface area contributed by atoms with E-state index in [9.17, 15) is 4.79 Å². The number of amides is 2. The fourth-order valence-electron chi connectivity index (χ4n) is 4.15. The number of halogens is 1. The van der Waals surface area contributed by atoms with Crippen molar-refractivity contribution in [1.29, 1.82) is 0 Å². The van der Waals surface area contributed by atoms with E-state index in [0.29, 0.717) is 42.0 Å². The van der Waals surface area contributed by atoms with Crippen LogP contribution in [0.25, 0.3) is 16.6 Å². The van der Waals surface area contributed by atoms with E-state index in [1.165, 1.54) is 6.20 Å². The number of para-hydroxylation sites is 1. The Labute approximate surface area is 207 Å². The number of piperidine rings is 1. The molecule has 2 aliphatic rings. The number of H-pyrrole nitrogens is 1. The third kappa shape index (κ3) is 5.03. The van der Waals surface area contributed by atoms with Crippen molar-refractivity contribution in [3.05, 3.63) is 59.1 Å². The molecule has 0 atom stereocenters. The summed E-state index contributed by atoms with van der Waals surface area (Å²) in [5, 5.41) is 7.89.